The Balaban J connectivity index is 2.18. The van der Waals surface area contributed by atoms with Crippen LogP contribution in [0, 0.1) is 5.92 Å². The summed E-state index contributed by atoms with van der Waals surface area (Å²) in [5.41, 5.74) is 0. The number of rotatable bonds is 3. The average Bonchev–Trinajstić information content (AvgIpc) is 2.47. The van der Waals surface area contributed by atoms with Gasteiger partial charge in [0, 0.05) is 18.1 Å². The number of methoxy groups -OCH3 is 1. The van der Waals surface area contributed by atoms with Crippen LogP contribution in [0.25, 0.3) is 0 Å². The van der Waals surface area contributed by atoms with Crippen molar-refractivity contribution in [1.29, 1.82) is 0 Å². The minimum absolute atomic E-state index is 0.0640. The van der Waals surface area contributed by atoms with E-state index in [1.165, 1.54) is 7.11 Å². The van der Waals surface area contributed by atoms with Crippen LogP contribution in [0.1, 0.15) is 12.8 Å². The van der Waals surface area contributed by atoms with Gasteiger partial charge in [0.15, 0.2) is 0 Å². The van der Waals surface area contributed by atoms with E-state index in [4.69, 9.17) is 0 Å². The highest BCUT2D eigenvalue weighted by atomic mass is 32.2. The van der Waals surface area contributed by atoms with Crippen LogP contribution < -0.4 is 0 Å². The predicted molar refractivity (Wildman–Crippen MR) is 47.0 cm³/mol. The zero-order valence-corrected chi connectivity index (χ0v) is 7.90. The van der Waals surface area contributed by atoms with E-state index in [-0.39, 0.29) is 11.9 Å². The molecule has 4 heteroatoms. The smallest absolute Gasteiger partial charge is 0.305 e. The van der Waals surface area contributed by atoms with E-state index in [0.717, 1.165) is 5.75 Å². The van der Waals surface area contributed by atoms with Gasteiger partial charge < -0.3 is 4.74 Å². The maximum Gasteiger partial charge on any atom is 0.305 e. The van der Waals surface area contributed by atoms with Crippen molar-refractivity contribution in [3.8, 4) is 0 Å². The van der Waals surface area contributed by atoms with Gasteiger partial charge in [-0.15, -0.1) is 0 Å². The third-order valence-corrected chi connectivity index (χ3v) is 3.29. The summed E-state index contributed by atoms with van der Waals surface area (Å²) in [6.07, 6.45) is 0.253. The van der Waals surface area contributed by atoms with E-state index >= 15 is 0 Å². The van der Waals surface area contributed by atoms with Gasteiger partial charge in [-0.05, 0) is 12.2 Å². The summed E-state index contributed by atoms with van der Waals surface area (Å²) in [4.78, 5) is 10.7. The number of ether oxygens (including phenoxy) is 1. The van der Waals surface area contributed by atoms with Crippen molar-refractivity contribution in [2.45, 2.75) is 19.0 Å². The lowest BCUT2D eigenvalue weighted by molar-refractivity contribution is -0.140. The van der Waals surface area contributed by atoms with Gasteiger partial charge in [0.1, 0.15) is 6.17 Å². The lowest BCUT2D eigenvalue weighted by Gasteiger charge is -2.09. The van der Waals surface area contributed by atoms with Crippen LogP contribution in [0.2, 0.25) is 0 Å². The summed E-state index contributed by atoms with van der Waals surface area (Å²) in [7, 11) is 1.36. The fourth-order valence-electron chi connectivity index (χ4n) is 1.24. The monoisotopic (exact) mass is 192 g/mol. The molecule has 0 spiro atoms. The second kappa shape index (κ2) is 4.70. The van der Waals surface area contributed by atoms with Crippen molar-refractivity contribution < 1.29 is 13.9 Å². The topological polar surface area (TPSA) is 26.3 Å². The van der Waals surface area contributed by atoms with Crippen LogP contribution in [-0.2, 0) is 9.53 Å². The van der Waals surface area contributed by atoms with Gasteiger partial charge in [0.05, 0.1) is 7.11 Å². The second-order valence-electron chi connectivity index (χ2n) is 2.93. The molecule has 1 fully saturated rings. The molecule has 2 atom stereocenters. The summed E-state index contributed by atoms with van der Waals surface area (Å²) in [5.74, 6) is 1.26. The highest BCUT2D eigenvalue weighted by Gasteiger charge is 2.27. The number of esters is 1. The van der Waals surface area contributed by atoms with E-state index in [2.05, 4.69) is 4.74 Å². The molecule has 12 heavy (non-hydrogen) atoms. The van der Waals surface area contributed by atoms with Crippen molar-refractivity contribution in [3.05, 3.63) is 0 Å². The molecular weight excluding hydrogens is 179 g/mol. The van der Waals surface area contributed by atoms with Crippen LogP contribution in [0.3, 0.4) is 0 Å². The first kappa shape index (κ1) is 9.84. The molecule has 0 N–H and O–H groups in total. The Morgan fingerprint density at radius 3 is 2.92 bits per heavy atom. The SMILES string of the molecule is COC(=O)CCC1CSCC1F. The van der Waals surface area contributed by atoms with E-state index < -0.39 is 6.17 Å². The standard InChI is InChI=1S/C8H13FO2S/c1-11-8(10)3-2-6-4-12-5-7(6)9/h6-7H,2-5H2,1H3. The predicted octanol–water partition coefficient (Wildman–Crippen LogP) is 1.64. The molecule has 0 aromatic heterocycles. The van der Waals surface area contributed by atoms with Gasteiger partial charge in [0.25, 0.3) is 0 Å². The average molecular weight is 192 g/mol. The molecule has 1 rings (SSSR count). The molecule has 0 radical (unpaired) electrons. The van der Waals surface area contributed by atoms with Gasteiger partial charge in [-0.1, -0.05) is 0 Å². The molecule has 1 heterocycles. The molecule has 1 aliphatic rings. The minimum Gasteiger partial charge on any atom is -0.469 e. The number of halogens is 1. The Hall–Kier alpha value is -0.250. The van der Waals surface area contributed by atoms with Crippen molar-refractivity contribution in [2.75, 3.05) is 18.6 Å². The maximum atomic E-state index is 13.0. The number of carbonyl (C=O) groups is 1. The van der Waals surface area contributed by atoms with E-state index in [9.17, 15) is 9.18 Å². The molecule has 0 amide bonds. The molecule has 0 bridgehead atoms. The Morgan fingerprint density at radius 1 is 1.67 bits per heavy atom. The third-order valence-electron chi connectivity index (χ3n) is 2.07. The van der Waals surface area contributed by atoms with Crippen molar-refractivity contribution in [2.24, 2.45) is 5.92 Å². The normalized spacial score (nSPS) is 28.8. The fourth-order valence-corrected chi connectivity index (χ4v) is 2.55. The van der Waals surface area contributed by atoms with Gasteiger partial charge in [0.2, 0.25) is 0 Å². The molecule has 2 nitrogen and oxygen atoms in total. The first-order valence-electron chi connectivity index (χ1n) is 4.02. The first-order valence-corrected chi connectivity index (χ1v) is 5.18. The Kier molecular flexibility index (Phi) is 3.85. The molecule has 70 valence electrons. The maximum absolute atomic E-state index is 13.0. The third kappa shape index (κ3) is 2.66. The zero-order chi connectivity index (χ0) is 8.97. The summed E-state index contributed by atoms with van der Waals surface area (Å²) in [5, 5.41) is 0. The lowest BCUT2D eigenvalue weighted by atomic mass is 10.0. The largest absolute Gasteiger partial charge is 0.469 e. The summed E-state index contributed by atoms with van der Waals surface area (Å²) in [6, 6.07) is 0. The van der Waals surface area contributed by atoms with Crippen molar-refractivity contribution in [1.82, 2.24) is 0 Å². The summed E-state index contributed by atoms with van der Waals surface area (Å²) >= 11 is 1.62. The van der Waals surface area contributed by atoms with Crippen LogP contribution in [-0.4, -0.2) is 30.8 Å². The Bertz CT molecular complexity index is 163. The summed E-state index contributed by atoms with van der Waals surface area (Å²) in [6.45, 7) is 0. The van der Waals surface area contributed by atoms with Gasteiger partial charge in [-0.2, -0.15) is 11.8 Å². The highest BCUT2D eigenvalue weighted by molar-refractivity contribution is 7.99. The minimum atomic E-state index is -0.723. The second-order valence-corrected chi connectivity index (χ2v) is 4.00. The number of hydrogen-bond donors (Lipinski definition) is 0. The van der Waals surface area contributed by atoms with Crippen LogP contribution >= 0.6 is 11.8 Å². The number of alkyl halides is 1. The lowest BCUT2D eigenvalue weighted by Crippen LogP contribution is -2.14. The Morgan fingerprint density at radius 2 is 2.42 bits per heavy atom. The van der Waals surface area contributed by atoms with Gasteiger partial charge in [-0.3, -0.25) is 4.79 Å². The van der Waals surface area contributed by atoms with E-state index in [0.29, 0.717) is 18.6 Å². The van der Waals surface area contributed by atoms with Crippen LogP contribution in [0.4, 0.5) is 4.39 Å². The van der Waals surface area contributed by atoms with E-state index in [1.807, 2.05) is 0 Å². The molecule has 0 saturated carbocycles. The van der Waals surface area contributed by atoms with Gasteiger partial charge in [-0.25, -0.2) is 4.39 Å². The zero-order valence-electron chi connectivity index (χ0n) is 7.09. The van der Waals surface area contributed by atoms with Crippen molar-refractivity contribution in [3.63, 3.8) is 0 Å². The number of thioether (sulfide) groups is 1. The van der Waals surface area contributed by atoms with Crippen molar-refractivity contribution >= 4 is 17.7 Å². The number of carbonyl (C=O) groups excluding carboxylic acids is 1. The summed E-state index contributed by atoms with van der Waals surface area (Å²) < 4.78 is 17.4. The molecule has 0 aromatic rings. The first-order chi connectivity index (χ1) is 5.74. The van der Waals surface area contributed by atoms with Gasteiger partial charge >= 0.3 is 5.97 Å². The number of hydrogen-bond acceptors (Lipinski definition) is 3. The molecular formula is C8H13FO2S. The molecule has 0 aliphatic carbocycles. The molecule has 1 saturated heterocycles. The molecule has 2 unspecified atom stereocenters. The molecule has 0 aromatic carbocycles. The van der Waals surface area contributed by atoms with E-state index in [1.54, 1.807) is 11.8 Å². The van der Waals surface area contributed by atoms with Crippen LogP contribution in [0.5, 0.6) is 0 Å². The Labute approximate surface area is 75.9 Å². The quantitative estimate of drug-likeness (QED) is 0.636. The fraction of sp³-hybridized carbons (Fsp3) is 0.875. The van der Waals surface area contributed by atoms with Crippen LogP contribution in [0.15, 0.2) is 0 Å². The highest BCUT2D eigenvalue weighted by Crippen LogP contribution is 2.29. The molecule has 1 aliphatic heterocycles.